The molecule has 0 spiro atoms. The van der Waals surface area contributed by atoms with Crippen molar-refractivity contribution in [2.24, 2.45) is 0 Å². The first kappa shape index (κ1) is 21.3. The van der Waals surface area contributed by atoms with Crippen LogP contribution in [0.1, 0.15) is 29.8 Å². The van der Waals surface area contributed by atoms with E-state index in [0.29, 0.717) is 49.9 Å². The van der Waals surface area contributed by atoms with Crippen molar-refractivity contribution in [1.29, 1.82) is 0 Å². The Balaban J connectivity index is 1.53. The van der Waals surface area contributed by atoms with E-state index in [2.05, 4.69) is 4.90 Å². The van der Waals surface area contributed by atoms with Crippen molar-refractivity contribution < 1.29 is 9.59 Å². The summed E-state index contributed by atoms with van der Waals surface area (Å²) in [4.78, 5) is 31.5. The fourth-order valence-electron chi connectivity index (χ4n) is 3.53. The second kappa shape index (κ2) is 9.90. The molecule has 0 aliphatic carbocycles. The van der Waals surface area contributed by atoms with Crippen LogP contribution < -0.4 is 0 Å². The van der Waals surface area contributed by atoms with Crippen LogP contribution in [0.15, 0.2) is 54.6 Å². The fourth-order valence-corrected chi connectivity index (χ4v) is 3.72. The second-order valence-electron chi connectivity index (χ2n) is 7.68. The number of benzene rings is 2. The van der Waals surface area contributed by atoms with Crippen LogP contribution in [0.4, 0.5) is 0 Å². The number of halogens is 1. The zero-order valence-corrected chi connectivity index (χ0v) is 17.8. The monoisotopic (exact) mass is 413 g/mol. The smallest absolute Gasteiger partial charge is 0.253 e. The van der Waals surface area contributed by atoms with Gasteiger partial charge < -0.3 is 9.80 Å². The van der Waals surface area contributed by atoms with Gasteiger partial charge in [0.25, 0.3) is 5.91 Å². The van der Waals surface area contributed by atoms with Crippen LogP contribution in [0.3, 0.4) is 0 Å². The van der Waals surface area contributed by atoms with Crippen LogP contribution in [0, 0.1) is 0 Å². The van der Waals surface area contributed by atoms with Gasteiger partial charge in [-0.05, 0) is 37.6 Å². The number of rotatable bonds is 6. The predicted molar refractivity (Wildman–Crippen MR) is 116 cm³/mol. The normalized spacial score (nSPS) is 14.8. The Morgan fingerprint density at radius 1 is 1.00 bits per heavy atom. The van der Waals surface area contributed by atoms with Gasteiger partial charge in [-0.3, -0.25) is 14.5 Å². The summed E-state index contributed by atoms with van der Waals surface area (Å²) in [6, 6.07) is 17.2. The summed E-state index contributed by atoms with van der Waals surface area (Å²) in [6.07, 6.45) is 0. The quantitative estimate of drug-likeness (QED) is 0.727. The summed E-state index contributed by atoms with van der Waals surface area (Å²) in [6.45, 7) is 7.68. The molecule has 0 saturated carbocycles. The molecule has 5 nitrogen and oxygen atoms in total. The topological polar surface area (TPSA) is 43.9 Å². The Morgan fingerprint density at radius 2 is 1.69 bits per heavy atom. The van der Waals surface area contributed by atoms with Gasteiger partial charge in [-0.2, -0.15) is 0 Å². The molecule has 2 amide bonds. The molecule has 1 saturated heterocycles. The minimum Gasteiger partial charge on any atom is -0.336 e. The van der Waals surface area contributed by atoms with Crippen molar-refractivity contribution in [3.63, 3.8) is 0 Å². The highest BCUT2D eigenvalue weighted by Crippen LogP contribution is 2.15. The number of nitrogens with zero attached hydrogens (tertiary/aromatic N) is 3. The largest absolute Gasteiger partial charge is 0.336 e. The Kier molecular flexibility index (Phi) is 7.29. The Hall–Kier alpha value is -2.37. The molecule has 0 bridgehead atoms. The van der Waals surface area contributed by atoms with E-state index in [4.69, 9.17) is 11.6 Å². The highest BCUT2D eigenvalue weighted by molar-refractivity contribution is 6.30. The first-order chi connectivity index (χ1) is 13.9. The summed E-state index contributed by atoms with van der Waals surface area (Å²) in [7, 11) is 0. The number of hydrogen-bond acceptors (Lipinski definition) is 3. The summed E-state index contributed by atoms with van der Waals surface area (Å²) in [5, 5.41) is 0.562. The van der Waals surface area contributed by atoms with Gasteiger partial charge in [0.1, 0.15) is 0 Å². The van der Waals surface area contributed by atoms with Crippen molar-refractivity contribution in [1.82, 2.24) is 14.7 Å². The number of amides is 2. The standard InChI is InChI=1S/C23H28ClN3O2/c1-18(2)27(16-19-7-4-3-5-8-19)22(28)17-25-11-13-26(14-12-25)23(29)20-9-6-10-21(24)15-20/h3-10,15,18H,11-14,16-17H2,1-2H3. The average Bonchev–Trinajstić information content (AvgIpc) is 2.72. The van der Waals surface area contributed by atoms with Crippen molar-refractivity contribution in [3.05, 3.63) is 70.7 Å². The Labute approximate surface area is 177 Å². The Bertz CT molecular complexity index is 833. The highest BCUT2D eigenvalue weighted by atomic mass is 35.5. The van der Waals surface area contributed by atoms with E-state index >= 15 is 0 Å². The van der Waals surface area contributed by atoms with Crippen molar-refractivity contribution in [3.8, 4) is 0 Å². The minimum atomic E-state index is -0.00800. The highest BCUT2D eigenvalue weighted by Gasteiger charge is 2.25. The third-order valence-electron chi connectivity index (χ3n) is 5.23. The zero-order valence-electron chi connectivity index (χ0n) is 17.1. The predicted octanol–water partition coefficient (Wildman–Crippen LogP) is 3.54. The van der Waals surface area contributed by atoms with Gasteiger partial charge in [-0.25, -0.2) is 0 Å². The van der Waals surface area contributed by atoms with Crippen LogP contribution in [-0.2, 0) is 11.3 Å². The van der Waals surface area contributed by atoms with E-state index in [1.165, 1.54) is 0 Å². The van der Waals surface area contributed by atoms with Crippen LogP contribution in [-0.4, -0.2) is 65.3 Å². The molecule has 1 aliphatic rings. The summed E-state index contributed by atoms with van der Waals surface area (Å²) in [5.74, 6) is 0.116. The third-order valence-corrected chi connectivity index (χ3v) is 5.46. The van der Waals surface area contributed by atoms with E-state index in [1.54, 1.807) is 24.3 Å². The molecular weight excluding hydrogens is 386 g/mol. The maximum atomic E-state index is 12.9. The van der Waals surface area contributed by atoms with Crippen molar-refractivity contribution >= 4 is 23.4 Å². The zero-order chi connectivity index (χ0) is 20.8. The molecule has 154 valence electrons. The molecule has 1 fully saturated rings. The number of hydrogen-bond donors (Lipinski definition) is 0. The lowest BCUT2D eigenvalue weighted by Gasteiger charge is -2.36. The minimum absolute atomic E-state index is 0.00800. The van der Waals surface area contributed by atoms with Gasteiger partial charge in [-0.1, -0.05) is 48.0 Å². The molecule has 6 heteroatoms. The van der Waals surface area contributed by atoms with Gasteiger partial charge in [0, 0.05) is 49.4 Å². The summed E-state index contributed by atoms with van der Waals surface area (Å²) in [5.41, 5.74) is 1.74. The van der Waals surface area contributed by atoms with E-state index in [-0.39, 0.29) is 17.9 Å². The van der Waals surface area contributed by atoms with E-state index < -0.39 is 0 Å². The maximum Gasteiger partial charge on any atom is 0.253 e. The van der Waals surface area contributed by atoms with Gasteiger partial charge in [0.15, 0.2) is 0 Å². The van der Waals surface area contributed by atoms with Crippen LogP contribution in [0.5, 0.6) is 0 Å². The van der Waals surface area contributed by atoms with E-state index in [0.717, 1.165) is 5.56 Å². The number of piperazine rings is 1. The first-order valence-electron chi connectivity index (χ1n) is 10.0. The molecule has 1 heterocycles. The fraction of sp³-hybridized carbons (Fsp3) is 0.391. The average molecular weight is 414 g/mol. The summed E-state index contributed by atoms with van der Waals surface area (Å²) < 4.78 is 0. The second-order valence-corrected chi connectivity index (χ2v) is 8.12. The van der Waals surface area contributed by atoms with E-state index in [9.17, 15) is 9.59 Å². The van der Waals surface area contributed by atoms with Gasteiger partial charge in [-0.15, -0.1) is 0 Å². The lowest BCUT2D eigenvalue weighted by atomic mass is 10.1. The molecule has 29 heavy (non-hydrogen) atoms. The van der Waals surface area contributed by atoms with Gasteiger partial charge >= 0.3 is 0 Å². The molecule has 0 unspecified atom stereocenters. The lowest BCUT2D eigenvalue weighted by molar-refractivity contribution is -0.135. The molecule has 0 N–H and O–H groups in total. The first-order valence-corrected chi connectivity index (χ1v) is 10.4. The molecule has 0 atom stereocenters. The number of carbonyl (C=O) groups is 2. The Morgan fingerprint density at radius 3 is 2.31 bits per heavy atom. The molecule has 2 aromatic rings. The molecule has 3 rings (SSSR count). The molecule has 0 aromatic heterocycles. The van der Waals surface area contributed by atoms with Crippen molar-refractivity contribution in [2.75, 3.05) is 32.7 Å². The van der Waals surface area contributed by atoms with Gasteiger partial charge in [0.2, 0.25) is 5.91 Å². The molecule has 2 aromatic carbocycles. The summed E-state index contributed by atoms with van der Waals surface area (Å²) >= 11 is 6.00. The number of carbonyl (C=O) groups excluding carboxylic acids is 2. The molecule has 1 aliphatic heterocycles. The molecular formula is C23H28ClN3O2. The molecule has 0 radical (unpaired) electrons. The van der Waals surface area contributed by atoms with Crippen LogP contribution >= 0.6 is 11.6 Å². The van der Waals surface area contributed by atoms with E-state index in [1.807, 2.05) is 54.0 Å². The van der Waals surface area contributed by atoms with Crippen molar-refractivity contribution in [2.45, 2.75) is 26.4 Å². The SMILES string of the molecule is CC(C)N(Cc1ccccc1)C(=O)CN1CCN(C(=O)c2cccc(Cl)c2)CC1. The van der Waals surface area contributed by atoms with Gasteiger partial charge in [0.05, 0.1) is 6.54 Å². The third kappa shape index (κ3) is 5.81. The lowest BCUT2D eigenvalue weighted by Crippen LogP contribution is -2.52. The van der Waals surface area contributed by atoms with Crippen LogP contribution in [0.25, 0.3) is 0 Å². The van der Waals surface area contributed by atoms with Crippen LogP contribution in [0.2, 0.25) is 5.02 Å². The maximum absolute atomic E-state index is 12.9.